The predicted octanol–water partition coefficient (Wildman–Crippen LogP) is 2.63. The molecule has 1 aromatic heterocycles. The molecule has 0 bridgehead atoms. The monoisotopic (exact) mass is 424 g/mol. The molecule has 0 saturated carbocycles. The van der Waals surface area contributed by atoms with E-state index in [1.54, 1.807) is 29.3 Å². The van der Waals surface area contributed by atoms with Crippen LogP contribution in [0.25, 0.3) is 0 Å². The van der Waals surface area contributed by atoms with Crippen molar-refractivity contribution in [3.05, 3.63) is 93.4 Å². The summed E-state index contributed by atoms with van der Waals surface area (Å²) in [6.45, 7) is 0.905. The van der Waals surface area contributed by atoms with Crippen LogP contribution in [0, 0.1) is 11.6 Å². The average Bonchev–Trinajstić information content (AvgIpc) is 3.23. The molecule has 1 atom stereocenters. The van der Waals surface area contributed by atoms with E-state index < -0.39 is 40.8 Å². The van der Waals surface area contributed by atoms with Crippen LogP contribution in [-0.2, 0) is 0 Å². The molecular formula is C22H18F2N4O3. The number of fused-ring (bicyclic) bond motifs is 2. The summed E-state index contributed by atoms with van der Waals surface area (Å²) < 4.78 is 29.6. The van der Waals surface area contributed by atoms with Gasteiger partial charge in [-0.05, 0) is 41.8 Å². The van der Waals surface area contributed by atoms with E-state index in [-0.39, 0.29) is 5.69 Å². The third-order valence-corrected chi connectivity index (χ3v) is 5.76. The van der Waals surface area contributed by atoms with E-state index in [1.165, 1.54) is 34.0 Å². The minimum Gasteiger partial charge on any atom is -0.502 e. The molecule has 158 valence electrons. The highest BCUT2D eigenvalue weighted by atomic mass is 19.1. The van der Waals surface area contributed by atoms with Crippen molar-refractivity contribution < 1.29 is 18.7 Å². The van der Waals surface area contributed by atoms with E-state index in [4.69, 9.17) is 0 Å². The molecule has 0 spiro atoms. The number of benzene rings is 2. The lowest BCUT2D eigenvalue weighted by molar-refractivity contribution is -0.0542. The van der Waals surface area contributed by atoms with Crippen molar-refractivity contribution in [1.29, 1.82) is 0 Å². The lowest BCUT2D eigenvalue weighted by Gasteiger charge is -2.44. The number of rotatable bonds is 3. The topological polar surface area (TPSA) is 78.7 Å². The van der Waals surface area contributed by atoms with Gasteiger partial charge in [-0.15, -0.1) is 0 Å². The number of amides is 1. The van der Waals surface area contributed by atoms with Crippen molar-refractivity contribution in [2.45, 2.75) is 18.5 Å². The lowest BCUT2D eigenvalue weighted by atomic mass is 9.87. The van der Waals surface area contributed by atoms with Gasteiger partial charge in [0.25, 0.3) is 5.91 Å². The zero-order valence-electron chi connectivity index (χ0n) is 16.3. The highest BCUT2D eigenvalue weighted by Gasteiger charge is 2.46. The van der Waals surface area contributed by atoms with Crippen LogP contribution in [0.2, 0.25) is 0 Å². The van der Waals surface area contributed by atoms with Gasteiger partial charge in [-0.1, -0.05) is 24.3 Å². The summed E-state index contributed by atoms with van der Waals surface area (Å²) in [6.07, 6.45) is 0.880. The molecule has 1 amide bonds. The second-order valence-corrected chi connectivity index (χ2v) is 7.60. The molecule has 0 aliphatic carbocycles. The standard InChI is InChI=1S/C22H18F2N4O3/c23-15-6-1-4-13(10-15)18(14-5-2-7-16(24)11-14)21-26-8-3-9-27(26)22(31)19-20(30)17(29)12-25-28(19)21/h1-2,4-7,10-12,18,21,30H,3,8-9H2/t21-/m1/s1. The second-order valence-electron chi connectivity index (χ2n) is 7.60. The Balaban J connectivity index is 1.79. The SMILES string of the molecule is O=C1c2c(O)c(=O)cnn2[C@H](C(c2cccc(F)c2)c2cccc(F)c2)N2CCCN12. The Morgan fingerprint density at radius 2 is 1.65 bits per heavy atom. The van der Waals surface area contributed by atoms with Crippen LogP contribution in [0.3, 0.4) is 0 Å². The Labute approximate surface area is 175 Å². The van der Waals surface area contributed by atoms with Crippen LogP contribution >= 0.6 is 0 Å². The van der Waals surface area contributed by atoms with Crippen molar-refractivity contribution in [1.82, 2.24) is 19.8 Å². The maximum absolute atomic E-state index is 14.2. The van der Waals surface area contributed by atoms with Gasteiger partial charge in [0.2, 0.25) is 5.43 Å². The first-order chi connectivity index (χ1) is 15.0. The van der Waals surface area contributed by atoms with E-state index >= 15 is 0 Å². The summed E-state index contributed by atoms with van der Waals surface area (Å²) in [4.78, 5) is 25.1. The summed E-state index contributed by atoms with van der Waals surface area (Å²) in [5.41, 5.74) is 0.0954. The van der Waals surface area contributed by atoms with Gasteiger partial charge < -0.3 is 5.11 Å². The summed E-state index contributed by atoms with van der Waals surface area (Å²) >= 11 is 0. The third kappa shape index (κ3) is 3.09. The molecule has 7 nitrogen and oxygen atoms in total. The van der Waals surface area contributed by atoms with E-state index in [2.05, 4.69) is 5.10 Å². The lowest BCUT2D eigenvalue weighted by Crippen LogP contribution is -2.54. The van der Waals surface area contributed by atoms with Gasteiger partial charge in [0.15, 0.2) is 11.4 Å². The van der Waals surface area contributed by atoms with Crippen molar-refractivity contribution in [2.24, 2.45) is 0 Å². The van der Waals surface area contributed by atoms with E-state index in [0.717, 1.165) is 6.20 Å². The van der Waals surface area contributed by atoms with Crippen LogP contribution in [0.1, 0.15) is 40.1 Å². The molecule has 31 heavy (non-hydrogen) atoms. The first kappa shape index (κ1) is 19.4. The fraction of sp³-hybridized carbons (Fsp3) is 0.227. The molecule has 2 aromatic carbocycles. The van der Waals surface area contributed by atoms with Crippen LogP contribution in [-0.4, -0.2) is 43.9 Å². The highest BCUT2D eigenvalue weighted by molar-refractivity contribution is 5.95. The quantitative estimate of drug-likeness (QED) is 0.700. The van der Waals surface area contributed by atoms with Crippen molar-refractivity contribution in [3.8, 4) is 5.75 Å². The largest absolute Gasteiger partial charge is 0.502 e. The van der Waals surface area contributed by atoms with Gasteiger partial charge >= 0.3 is 0 Å². The third-order valence-electron chi connectivity index (χ3n) is 5.76. The maximum atomic E-state index is 14.2. The Morgan fingerprint density at radius 1 is 1.00 bits per heavy atom. The molecule has 3 aromatic rings. The summed E-state index contributed by atoms with van der Waals surface area (Å²) in [5.74, 6) is -2.78. The minimum atomic E-state index is -0.765. The zero-order chi connectivity index (χ0) is 21.7. The first-order valence-electron chi connectivity index (χ1n) is 9.86. The fourth-order valence-electron chi connectivity index (χ4n) is 4.48. The zero-order valence-corrected chi connectivity index (χ0v) is 16.3. The number of hydrazine groups is 1. The smallest absolute Gasteiger partial charge is 0.290 e. The maximum Gasteiger partial charge on any atom is 0.290 e. The summed E-state index contributed by atoms with van der Waals surface area (Å²) in [7, 11) is 0. The van der Waals surface area contributed by atoms with Crippen LogP contribution in [0.15, 0.2) is 59.5 Å². The van der Waals surface area contributed by atoms with Gasteiger partial charge in [-0.2, -0.15) is 10.1 Å². The average molecular weight is 424 g/mol. The molecule has 5 rings (SSSR count). The van der Waals surface area contributed by atoms with E-state index in [0.29, 0.717) is 30.6 Å². The predicted molar refractivity (Wildman–Crippen MR) is 106 cm³/mol. The van der Waals surface area contributed by atoms with E-state index in [9.17, 15) is 23.5 Å². The van der Waals surface area contributed by atoms with Gasteiger partial charge in [-0.3, -0.25) is 14.6 Å². The molecule has 1 N–H and O–H groups in total. The molecular weight excluding hydrogens is 406 g/mol. The summed E-state index contributed by atoms with van der Waals surface area (Å²) in [6, 6.07) is 11.9. The van der Waals surface area contributed by atoms with Gasteiger partial charge in [0.05, 0.1) is 6.20 Å². The number of hydrogen-bond acceptors (Lipinski definition) is 5. The number of carbonyl (C=O) groups excluding carboxylic acids is 1. The summed E-state index contributed by atoms with van der Waals surface area (Å²) in [5, 5.41) is 17.8. The Kier molecular flexibility index (Phi) is 4.55. The molecule has 2 aliphatic rings. The minimum absolute atomic E-state index is 0.228. The van der Waals surface area contributed by atoms with Crippen molar-refractivity contribution >= 4 is 5.91 Å². The first-order valence-corrected chi connectivity index (χ1v) is 9.86. The Hall–Kier alpha value is -3.59. The fourth-order valence-corrected chi connectivity index (χ4v) is 4.48. The Bertz CT molecular complexity index is 1200. The normalized spacial score (nSPS) is 18.4. The molecule has 1 saturated heterocycles. The molecule has 1 fully saturated rings. The number of halogens is 2. The van der Waals surface area contributed by atoms with Crippen LogP contribution in [0.5, 0.6) is 5.75 Å². The number of aromatic hydroxyl groups is 1. The molecule has 0 unspecified atom stereocenters. The van der Waals surface area contributed by atoms with Gasteiger partial charge in [0, 0.05) is 19.0 Å². The van der Waals surface area contributed by atoms with Gasteiger partial charge in [0.1, 0.15) is 17.8 Å². The van der Waals surface area contributed by atoms with Crippen LogP contribution in [0.4, 0.5) is 8.78 Å². The molecule has 0 radical (unpaired) electrons. The van der Waals surface area contributed by atoms with Crippen LogP contribution < -0.4 is 5.43 Å². The number of aromatic nitrogens is 2. The number of nitrogens with zero attached hydrogens (tertiary/aromatic N) is 4. The van der Waals surface area contributed by atoms with E-state index in [1.807, 2.05) is 0 Å². The van der Waals surface area contributed by atoms with Crippen molar-refractivity contribution in [3.63, 3.8) is 0 Å². The van der Waals surface area contributed by atoms with Gasteiger partial charge in [-0.25, -0.2) is 13.5 Å². The highest BCUT2D eigenvalue weighted by Crippen LogP contribution is 2.43. The molecule has 3 heterocycles. The number of carbonyl (C=O) groups is 1. The molecule has 9 heteroatoms. The Morgan fingerprint density at radius 3 is 2.26 bits per heavy atom. The number of hydrogen-bond donors (Lipinski definition) is 1. The second kappa shape index (κ2) is 7.28. The van der Waals surface area contributed by atoms with Crippen molar-refractivity contribution in [2.75, 3.05) is 13.1 Å². The molecule has 2 aliphatic heterocycles.